The van der Waals surface area contributed by atoms with Gasteiger partial charge in [-0.25, -0.2) is 0 Å². The second-order valence-corrected chi connectivity index (χ2v) is 3.07. The van der Waals surface area contributed by atoms with Gasteiger partial charge in [-0.15, -0.1) is 0 Å². The van der Waals surface area contributed by atoms with Gasteiger partial charge in [0.2, 0.25) is 5.43 Å². The van der Waals surface area contributed by atoms with Crippen LogP contribution in [0.25, 0.3) is 11.3 Å². The third-order valence-corrected chi connectivity index (χ3v) is 1.91. The van der Waals surface area contributed by atoms with Gasteiger partial charge in [0.1, 0.15) is 10.8 Å². The van der Waals surface area contributed by atoms with Gasteiger partial charge < -0.3 is 0 Å². The van der Waals surface area contributed by atoms with Gasteiger partial charge >= 0.3 is 0 Å². The number of nitrogens with zero attached hydrogens (tertiary/aromatic N) is 2. The summed E-state index contributed by atoms with van der Waals surface area (Å²) in [6.45, 7) is 0. The van der Waals surface area contributed by atoms with Crippen LogP contribution in [-0.4, -0.2) is 15.2 Å². The minimum Gasteiger partial charge on any atom is -0.287 e. The Morgan fingerprint density at radius 3 is 2.64 bits per heavy atom. The van der Waals surface area contributed by atoms with Crippen LogP contribution in [0.15, 0.2) is 35.4 Å². The minimum atomic E-state index is -0.208. The van der Waals surface area contributed by atoms with Gasteiger partial charge in [0.25, 0.3) is 0 Å². The Bertz CT molecular complexity index is 495. The minimum absolute atomic E-state index is 0.208. The van der Waals surface area contributed by atoms with E-state index in [0.717, 1.165) is 5.56 Å². The van der Waals surface area contributed by atoms with E-state index in [0.29, 0.717) is 5.69 Å². The van der Waals surface area contributed by atoms with Crippen molar-refractivity contribution in [3.8, 4) is 11.3 Å². The molecule has 5 heteroatoms. The monoisotopic (exact) mass is 207 g/mol. The van der Waals surface area contributed by atoms with Gasteiger partial charge in [-0.2, -0.15) is 5.10 Å². The quantitative estimate of drug-likeness (QED) is 0.771. The molecular formula is C9H6ClN3O. The first-order valence-corrected chi connectivity index (χ1v) is 4.31. The molecule has 0 bridgehead atoms. The highest BCUT2D eigenvalue weighted by atomic mass is 35.5. The van der Waals surface area contributed by atoms with Crippen LogP contribution in [-0.2, 0) is 0 Å². The maximum absolute atomic E-state index is 11.5. The Balaban J connectivity index is 2.59. The van der Waals surface area contributed by atoms with E-state index in [1.165, 1.54) is 6.07 Å². The van der Waals surface area contributed by atoms with Crippen LogP contribution in [0.5, 0.6) is 0 Å². The van der Waals surface area contributed by atoms with Crippen molar-refractivity contribution < 1.29 is 0 Å². The van der Waals surface area contributed by atoms with Crippen molar-refractivity contribution in [2.45, 2.75) is 0 Å². The van der Waals surface area contributed by atoms with Gasteiger partial charge in [0.05, 0.1) is 0 Å². The van der Waals surface area contributed by atoms with Crippen LogP contribution in [0.3, 0.4) is 0 Å². The van der Waals surface area contributed by atoms with Crippen LogP contribution >= 0.6 is 11.6 Å². The lowest BCUT2D eigenvalue weighted by Crippen LogP contribution is -2.07. The highest BCUT2D eigenvalue weighted by Crippen LogP contribution is 2.10. The van der Waals surface area contributed by atoms with Gasteiger partial charge in [-0.05, 0) is 12.1 Å². The average molecular weight is 208 g/mol. The normalized spacial score (nSPS) is 10.1. The molecule has 2 rings (SSSR count). The fraction of sp³-hybridized carbons (Fsp3) is 0. The molecule has 70 valence electrons. The van der Waals surface area contributed by atoms with Crippen LogP contribution in [0.1, 0.15) is 0 Å². The second-order valence-electron chi connectivity index (χ2n) is 2.66. The summed E-state index contributed by atoms with van der Waals surface area (Å²) in [7, 11) is 0. The molecule has 4 nitrogen and oxygen atoms in total. The summed E-state index contributed by atoms with van der Waals surface area (Å²) < 4.78 is 0. The zero-order valence-corrected chi connectivity index (χ0v) is 7.82. The predicted octanol–water partition coefficient (Wildman–Crippen LogP) is 1.49. The second kappa shape index (κ2) is 3.59. The molecule has 0 spiro atoms. The van der Waals surface area contributed by atoms with Gasteiger partial charge in [0, 0.05) is 24.0 Å². The zero-order chi connectivity index (χ0) is 9.97. The molecule has 2 aromatic heterocycles. The first kappa shape index (κ1) is 8.90. The van der Waals surface area contributed by atoms with E-state index in [1.807, 2.05) is 0 Å². The standard InChI is InChI=1S/C9H6ClN3O/c10-8-5-7(14)9(13-12-8)6-1-3-11-4-2-6/h1-5H,(H,12,14). The van der Waals surface area contributed by atoms with Crippen molar-refractivity contribution >= 4 is 11.6 Å². The highest BCUT2D eigenvalue weighted by molar-refractivity contribution is 6.29. The molecule has 0 radical (unpaired) electrons. The summed E-state index contributed by atoms with van der Waals surface area (Å²) in [6.07, 6.45) is 3.20. The van der Waals surface area contributed by atoms with Crippen LogP contribution in [0, 0.1) is 0 Å². The molecule has 0 atom stereocenters. The number of rotatable bonds is 1. The zero-order valence-electron chi connectivity index (χ0n) is 7.07. The molecule has 0 aliphatic carbocycles. The van der Waals surface area contributed by atoms with Crippen molar-refractivity contribution in [2.24, 2.45) is 0 Å². The topological polar surface area (TPSA) is 58.6 Å². The smallest absolute Gasteiger partial charge is 0.209 e. The lowest BCUT2D eigenvalue weighted by atomic mass is 10.2. The summed E-state index contributed by atoms with van der Waals surface area (Å²) in [5, 5.41) is 6.61. The largest absolute Gasteiger partial charge is 0.287 e. The third-order valence-electron chi connectivity index (χ3n) is 1.72. The molecule has 0 saturated carbocycles. The highest BCUT2D eigenvalue weighted by Gasteiger charge is 2.04. The van der Waals surface area contributed by atoms with Crippen molar-refractivity contribution in [2.75, 3.05) is 0 Å². The summed E-state index contributed by atoms with van der Waals surface area (Å²) in [4.78, 5) is 15.3. The van der Waals surface area contributed by atoms with E-state index < -0.39 is 0 Å². The summed E-state index contributed by atoms with van der Waals surface area (Å²) in [5.74, 6) is 0. The Hall–Kier alpha value is -1.68. The summed E-state index contributed by atoms with van der Waals surface area (Å²) >= 11 is 5.57. The fourth-order valence-corrected chi connectivity index (χ4v) is 1.24. The fourth-order valence-electron chi connectivity index (χ4n) is 1.10. The Kier molecular flexibility index (Phi) is 2.28. The molecule has 0 saturated heterocycles. The number of hydrogen-bond acceptors (Lipinski definition) is 3. The van der Waals surface area contributed by atoms with E-state index >= 15 is 0 Å². The van der Waals surface area contributed by atoms with E-state index in [4.69, 9.17) is 11.6 Å². The number of halogens is 1. The first-order valence-electron chi connectivity index (χ1n) is 3.93. The molecule has 1 N–H and O–H groups in total. The van der Waals surface area contributed by atoms with Crippen LogP contribution in [0.4, 0.5) is 0 Å². The van der Waals surface area contributed by atoms with Crippen molar-refractivity contribution in [3.63, 3.8) is 0 Å². The van der Waals surface area contributed by atoms with Gasteiger partial charge in [-0.3, -0.25) is 14.9 Å². The molecule has 0 aromatic carbocycles. The number of nitrogens with one attached hydrogen (secondary N) is 1. The number of hydrogen-bond donors (Lipinski definition) is 1. The molecule has 0 aliphatic heterocycles. The van der Waals surface area contributed by atoms with Crippen molar-refractivity contribution in [1.82, 2.24) is 15.2 Å². The number of aromatic nitrogens is 3. The maximum atomic E-state index is 11.5. The van der Waals surface area contributed by atoms with E-state index in [2.05, 4.69) is 15.2 Å². The Morgan fingerprint density at radius 2 is 2.00 bits per heavy atom. The molecular weight excluding hydrogens is 202 g/mol. The average Bonchev–Trinajstić information content (AvgIpc) is 2.19. The van der Waals surface area contributed by atoms with E-state index in [9.17, 15) is 4.79 Å². The molecule has 0 unspecified atom stereocenters. The molecule has 0 aliphatic rings. The Labute approximate surface area is 84.6 Å². The lowest BCUT2D eigenvalue weighted by molar-refractivity contribution is 1.02. The summed E-state index contributed by atoms with van der Waals surface area (Å²) in [5.41, 5.74) is 0.856. The third kappa shape index (κ3) is 1.65. The summed E-state index contributed by atoms with van der Waals surface area (Å²) in [6, 6.07) is 4.72. The lowest BCUT2D eigenvalue weighted by Gasteiger charge is -1.97. The molecule has 2 aromatic rings. The predicted molar refractivity (Wildman–Crippen MR) is 53.1 cm³/mol. The molecule has 2 heterocycles. The van der Waals surface area contributed by atoms with E-state index in [1.54, 1.807) is 24.5 Å². The van der Waals surface area contributed by atoms with Crippen molar-refractivity contribution in [3.05, 3.63) is 46.0 Å². The van der Waals surface area contributed by atoms with Crippen LogP contribution in [0.2, 0.25) is 5.15 Å². The molecule has 14 heavy (non-hydrogen) atoms. The van der Waals surface area contributed by atoms with Gasteiger partial charge in [-0.1, -0.05) is 11.6 Å². The number of H-pyrrole nitrogens is 1. The Morgan fingerprint density at radius 1 is 1.29 bits per heavy atom. The van der Waals surface area contributed by atoms with Gasteiger partial charge in [0.15, 0.2) is 0 Å². The molecule has 0 fully saturated rings. The SMILES string of the molecule is O=c1cc(Cl)[nH]nc1-c1ccncc1. The van der Waals surface area contributed by atoms with E-state index in [-0.39, 0.29) is 10.6 Å². The van der Waals surface area contributed by atoms with Crippen molar-refractivity contribution in [1.29, 1.82) is 0 Å². The maximum Gasteiger partial charge on any atom is 0.209 e. The number of aromatic amines is 1. The first-order chi connectivity index (χ1) is 6.77. The number of pyridine rings is 1. The van der Waals surface area contributed by atoms with Crippen LogP contribution < -0.4 is 5.43 Å². The molecule has 0 amide bonds.